The average molecular weight is 439 g/mol. The van der Waals surface area contributed by atoms with Gasteiger partial charge in [-0.1, -0.05) is 48.5 Å². The first-order valence-electron chi connectivity index (χ1n) is 11.2. The van der Waals surface area contributed by atoms with Gasteiger partial charge >= 0.3 is 0 Å². The molecule has 2 N–H and O–H groups in total. The van der Waals surface area contributed by atoms with Crippen molar-refractivity contribution in [3.8, 4) is 16.9 Å². The summed E-state index contributed by atoms with van der Waals surface area (Å²) in [6.07, 6.45) is 0.950. The number of H-pyrrole nitrogens is 1. The van der Waals surface area contributed by atoms with Crippen LogP contribution in [0.4, 0.5) is 0 Å². The Balaban J connectivity index is 1.24. The van der Waals surface area contributed by atoms with Gasteiger partial charge in [-0.15, -0.1) is 0 Å². The molecule has 0 bridgehead atoms. The maximum atomic E-state index is 12.7. The number of amides is 1. The molecule has 0 unspecified atom stereocenters. The number of ketones is 1. The molecule has 0 saturated heterocycles. The highest BCUT2D eigenvalue weighted by molar-refractivity contribution is 6.00. The van der Waals surface area contributed by atoms with E-state index in [9.17, 15) is 9.59 Å². The van der Waals surface area contributed by atoms with E-state index in [1.54, 1.807) is 6.92 Å². The van der Waals surface area contributed by atoms with Gasteiger partial charge in [0.25, 0.3) is 0 Å². The molecule has 0 spiro atoms. The molecule has 0 aliphatic carbocycles. The monoisotopic (exact) mass is 438 g/mol. The van der Waals surface area contributed by atoms with Crippen molar-refractivity contribution in [3.05, 3.63) is 89.1 Å². The van der Waals surface area contributed by atoms with E-state index < -0.39 is 0 Å². The van der Waals surface area contributed by atoms with Crippen LogP contribution in [-0.2, 0) is 17.6 Å². The Hall–Kier alpha value is -3.86. The lowest BCUT2D eigenvalue weighted by Gasteiger charge is -2.12. The first-order valence-corrected chi connectivity index (χ1v) is 11.2. The number of para-hydroxylation sites is 1. The molecular weight excluding hydrogens is 412 g/mol. The Bertz CT molecular complexity index is 1370. The van der Waals surface area contributed by atoms with Gasteiger partial charge in [0, 0.05) is 28.6 Å². The zero-order valence-electron chi connectivity index (χ0n) is 18.8. The number of rotatable bonds is 6. The molecule has 0 radical (unpaired) electrons. The Morgan fingerprint density at radius 2 is 1.85 bits per heavy atom. The number of hydrogen-bond donors (Lipinski definition) is 2. The topological polar surface area (TPSA) is 71.2 Å². The van der Waals surface area contributed by atoms with E-state index >= 15 is 0 Å². The molecule has 33 heavy (non-hydrogen) atoms. The summed E-state index contributed by atoms with van der Waals surface area (Å²) in [4.78, 5) is 28.0. The standard InChI is InChI=1S/C28H26N2O3/c1-17-25(24-9-5-6-10-26(24)30-17)15-28(32)29-16-21-14-20-13-19(11-12-27(20)33-21)23-8-4-3-7-22(23)18(2)31/h3-13,21,30H,14-16H2,1-2H3,(H,29,32)/t21-/m1/s1. The van der Waals surface area contributed by atoms with Gasteiger partial charge in [0.15, 0.2) is 5.78 Å². The van der Waals surface area contributed by atoms with Crippen molar-refractivity contribution in [3.63, 3.8) is 0 Å². The lowest BCUT2D eigenvalue weighted by molar-refractivity contribution is -0.120. The number of benzene rings is 3. The predicted molar refractivity (Wildman–Crippen MR) is 130 cm³/mol. The summed E-state index contributed by atoms with van der Waals surface area (Å²) in [6.45, 7) is 4.04. The number of Topliss-reactive ketones (excluding diaryl/α,β-unsaturated/α-hetero) is 1. The van der Waals surface area contributed by atoms with Crippen LogP contribution in [0.15, 0.2) is 66.7 Å². The zero-order valence-corrected chi connectivity index (χ0v) is 18.8. The molecule has 166 valence electrons. The van der Waals surface area contributed by atoms with Gasteiger partial charge in [0.2, 0.25) is 5.91 Å². The van der Waals surface area contributed by atoms with Crippen LogP contribution in [0.5, 0.6) is 5.75 Å². The fraction of sp³-hybridized carbons (Fsp3) is 0.214. The molecule has 0 saturated carbocycles. The molecular formula is C28H26N2O3. The number of carbonyl (C=O) groups is 2. The van der Waals surface area contributed by atoms with Gasteiger partial charge in [-0.25, -0.2) is 0 Å². The number of aryl methyl sites for hydroxylation is 1. The summed E-state index contributed by atoms with van der Waals surface area (Å²) in [6, 6.07) is 21.7. The van der Waals surface area contributed by atoms with Crippen LogP contribution in [0.1, 0.15) is 34.1 Å². The van der Waals surface area contributed by atoms with E-state index in [2.05, 4.69) is 16.4 Å². The Morgan fingerprint density at radius 1 is 1.06 bits per heavy atom. The van der Waals surface area contributed by atoms with Crippen molar-refractivity contribution in [2.75, 3.05) is 6.54 Å². The van der Waals surface area contributed by atoms with E-state index in [0.717, 1.165) is 51.0 Å². The van der Waals surface area contributed by atoms with Crippen LogP contribution < -0.4 is 10.1 Å². The van der Waals surface area contributed by atoms with Gasteiger partial charge in [0.1, 0.15) is 11.9 Å². The number of fused-ring (bicyclic) bond motifs is 2. The number of aromatic nitrogens is 1. The van der Waals surface area contributed by atoms with Crippen molar-refractivity contribution >= 4 is 22.6 Å². The molecule has 1 aliphatic heterocycles. The molecule has 2 heterocycles. The van der Waals surface area contributed by atoms with Gasteiger partial charge in [-0.3, -0.25) is 9.59 Å². The maximum Gasteiger partial charge on any atom is 0.224 e. The minimum absolute atomic E-state index is 0.0153. The van der Waals surface area contributed by atoms with Crippen LogP contribution in [0.2, 0.25) is 0 Å². The summed E-state index contributed by atoms with van der Waals surface area (Å²) in [7, 11) is 0. The number of nitrogens with one attached hydrogen (secondary N) is 2. The smallest absolute Gasteiger partial charge is 0.224 e. The highest BCUT2D eigenvalue weighted by Crippen LogP contribution is 2.34. The van der Waals surface area contributed by atoms with Gasteiger partial charge in [-0.2, -0.15) is 0 Å². The molecule has 5 heteroatoms. The van der Waals surface area contributed by atoms with Gasteiger partial charge in [0.05, 0.1) is 13.0 Å². The van der Waals surface area contributed by atoms with Crippen LogP contribution in [0.25, 0.3) is 22.0 Å². The van der Waals surface area contributed by atoms with Crippen molar-refractivity contribution in [2.45, 2.75) is 32.8 Å². The first-order chi connectivity index (χ1) is 16.0. The van der Waals surface area contributed by atoms with E-state index in [4.69, 9.17) is 4.74 Å². The van der Waals surface area contributed by atoms with Crippen molar-refractivity contribution in [1.29, 1.82) is 0 Å². The first kappa shape index (κ1) is 21.0. The van der Waals surface area contributed by atoms with E-state index in [1.165, 1.54) is 0 Å². The summed E-state index contributed by atoms with van der Waals surface area (Å²) in [5, 5.41) is 4.13. The molecule has 3 aromatic carbocycles. The lowest BCUT2D eigenvalue weighted by Crippen LogP contribution is -2.35. The second-order valence-corrected chi connectivity index (χ2v) is 8.62. The molecule has 1 aromatic heterocycles. The quantitative estimate of drug-likeness (QED) is 0.416. The van der Waals surface area contributed by atoms with E-state index in [-0.39, 0.29) is 17.8 Å². The Kier molecular flexibility index (Phi) is 5.47. The minimum atomic E-state index is -0.105. The van der Waals surface area contributed by atoms with Crippen LogP contribution in [-0.4, -0.2) is 29.3 Å². The minimum Gasteiger partial charge on any atom is -0.488 e. The third-order valence-electron chi connectivity index (χ3n) is 6.31. The molecule has 1 atom stereocenters. The van der Waals surface area contributed by atoms with Crippen molar-refractivity contribution < 1.29 is 14.3 Å². The van der Waals surface area contributed by atoms with Crippen LogP contribution >= 0.6 is 0 Å². The summed E-state index contributed by atoms with van der Waals surface area (Å²) in [5.41, 5.74) is 6.85. The van der Waals surface area contributed by atoms with Crippen LogP contribution in [0.3, 0.4) is 0 Å². The maximum absolute atomic E-state index is 12.7. The predicted octanol–water partition coefficient (Wildman–Crippen LogP) is 5.01. The second-order valence-electron chi connectivity index (χ2n) is 8.62. The molecule has 4 aromatic rings. The molecule has 1 amide bonds. The van der Waals surface area contributed by atoms with Gasteiger partial charge < -0.3 is 15.0 Å². The molecule has 5 rings (SSSR count). The fourth-order valence-electron chi connectivity index (χ4n) is 4.66. The molecule has 5 nitrogen and oxygen atoms in total. The van der Waals surface area contributed by atoms with Crippen LogP contribution in [0, 0.1) is 6.92 Å². The second kappa shape index (κ2) is 8.58. The van der Waals surface area contributed by atoms with E-state index in [1.807, 2.05) is 67.6 Å². The lowest BCUT2D eigenvalue weighted by atomic mass is 9.95. The zero-order chi connectivity index (χ0) is 22.9. The highest BCUT2D eigenvalue weighted by atomic mass is 16.5. The number of ether oxygens (including phenoxy) is 1. The van der Waals surface area contributed by atoms with Gasteiger partial charge in [-0.05, 0) is 54.3 Å². The third-order valence-corrected chi connectivity index (χ3v) is 6.31. The molecule has 1 aliphatic rings. The summed E-state index contributed by atoms with van der Waals surface area (Å²) in [5.74, 6) is 0.873. The number of hydrogen-bond acceptors (Lipinski definition) is 3. The summed E-state index contributed by atoms with van der Waals surface area (Å²) >= 11 is 0. The molecule has 0 fully saturated rings. The fourth-order valence-corrected chi connectivity index (χ4v) is 4.66. The number of aromatic amines is 1. The average Bonchev–Trinajstić information content (AvgIpc) is 3.37. The number of carbonyl (C=O) groups excluding carboxylic acids is 2. The van der Waals surface area contributed by atoms with Crippen molar-refractivity contribution in [2.24, 2.45) is 0 Å². The highest BCUT2D eigenvalue weighted by Gasteiger charge is 2.24. The normalized spacial score (nSPS) is 14.7. The van der Waals surface area contributed by atoms with Crippen molar-refractivity contribution in [1.82, 2.24) is 10.3 Å². The van der Waals surface area contributed by atoms with E-state index in [0.29, 0.717) is 18.5 Å². The SMILES string of the molecule is CC(=O)c1ccccc1-c1ccc2c(c1)C[C@H](CNC(=O)Cc1c(C)[nH]c3ccccc13)O2. The third kappa shape index (κ3) is 4.14. The Labute approximate surface area is 192 Å². The Morgan fingerprint density at radius 3 is 2.70 bits per heavy atom. The largest absolute Gasteiger partial charge is 0.488 e. The summed E-state index contributed by atoms with van der Waals surface area (Å²) < 4.78 is 6.07.